The number of hydrogen-bond donors (Lipinski definition) is 1. The molecule has 2 fully saturated rings. The number of likely N-dealkylation sites (tertiary alicyclic amines) is 1. The van der Waals surface area contributed by atoms with Crippen LogP contribution >= 0.6 is 56.6 Å². The molecule has 0 spiro atoms. The van der Waals surface area contributed by atoms with E-state index >= 15 is 0 Å². The maximum Gasteiger partial charge on any atom is 0.397 e. The lowest BCUT2D eigenvalue weighted by Gasteiger charge is -2.21. The molecule has 0 aliphatic carbocycles. The van der Waals surface area contributed by atoms with Crippen molar-refractivity contribution < 1.29 is 23.8 Å². The number of esters is 1. The first-order valence-electron chi connectivity index (χ1n) is 15.3. The average molecular weight is 813 g/mol. The van der Waals surface area contributed by atoms with Crippen molar-refractivity contribution in [1.29, 1.82) is 0 Å². The molecule has 11 nitrogen and oxygen atoms in total. The van der Waals surface area contributed by atoms with Crippen molar-refractivity contribution in [2.75, 3.05) is 32.9 Å². The van der Waals surface area contributed by atoms with Crippen LogP contribution in [0.4, 0.5) is 0 Å². The quantitative estimate of drug-likeness (QED) is 0.140. The van der Waals surface area contributed by atoms with Crippen LogP contribution < -0.4 is 14.8 Å². The van der Waals surface area contributed by atoms with Crippen molar-refractivity contribution in [2.24, 2.45) is 0 Å². The van der Waals surface area contributed by atoms with E-state index in [0.29, 0.717) is 32.2 Å². The van der Waals surface area contributed by atoms with Gasteiger partial charge in [-0.2, -0.15) is 0 Å². The number of pyridine rings is 2. The molecule has 47 heavy (non-hydrogen) atoms. The summed E-state index contributed by atoms with van der Waals surface area (Å²) >= 11 is 3.27. The zero-order chi connectivity index (χ0) is 31.3. The topological polar surface area (TPSA) is 129 Å². The Bertz CT molecular complexity index is 1490. The summed E-state index contributed by atoms with van der Waals surface area (Å²) in [7, 11) is 0. The molecule has 0 bridgehead atoms. The Morgan fingerprint density at radius 3 is 2.06 bits per heavy atom. The fraction of sp³-hybridized carbons (Fsp3) is 0.438. The molecule has 0 radical (unpaired) electrons. The molecule has 2 aliphatic rings. The number of carbonyl (C=O) groups excluding carboxylic acids is 2. The van der Waals surface area contributed by atoms with Gasteiger partial charge in [0.05, 0.1) is 55.7 Å². The van der Waals surface area contributed by atoms with Crippen molar-refractivity contribution in [1.82, 2.24) is 30.2 Å². The van der Waals surface area contributed by atoms with Crippen LogP contribution in [-0.2, 0) is 27.2 Å². The lowest BCUT2D eigenvalue weighted by Crippen LogP contribution is -2.37. The fourth-order valence-electron chi connectivity index (χ4n) is 5.07. The van der Waals surface area contributed by atoms with E-state index in [9.17, 15) is 9.59 Å². The van der Waals surface area contributed by atoms with Crippen molar-refractivity contribution in [3.05, 3.63) is 81.2 Å². The predicted molar refractivity (Wildman–Crippen MR) is 192 cm³/mol. The highest BCUT2D eigenvalue weighted by Gasteiger charge is 2.35. The third-order valence-electron chi connectivity index (χ3n) is 7.27. The van der Waals surface area contributed by atoms with E-state index < -0.39 is 11.9 Å². The third-order valence-corrected chi connectivity index (χ3v) is 9.27. The van der Waals surface area contributed by atoms with Crippen molar-refractivity contribution in [2.45, 2.75) is 57.5 Å². The number of carbonyl (C=O) groups is 2. The molecule has 6 heterocycles. The summed E-state index contributed by atoms with van der Waals surface area (Å²) in [6, 6.07) is 7.80. The molecular formula is C32H40Br2N6O5S2. The first-order chi connectivity index (χ1) is 22.1. The number of ether oxygens (including phenoxy) is 3. The van der Waals surface area contributed by atoms with Gasteiger partial charge in [0.2, 0.25) is 0 Å². The standard InChI is InChI=1S/C18H21N3O4S.C14H17N3OS.2BrH/c1-2-24-18(23)17(22)21-9-4-6-15(21)16-20-13(12-26-16)7-10-25-14-5-3-8-19-11-14;1-3-12(9-15-6-1)18-8-5-11-10-19-14(17-11)13-4-2-7-16-13;;/h3,5,8,11-12,15H,2,4,6-7,9-10H2,1H3;1,3,6,9-10,13,16H,2,4-5,7-8H2;2*1H/t15-;13-;;/m00../s1. The van der Waals surface area contributed by atoms with Gasteiger partial charge in [0.1, 0.15) is 21.5 Å². The van der Waals surface area contributed by atoms with Gasteiger partial charge >= 0.3 is 11.9 Å². The predicted octanol–water partition coefficient (Wildman–Crippen LogP) is 6.13. The summed E-state index contributed by atoms with van der Waals surface area (Å²) in [4.78, 5) is 42.9. The maximum atomic E-state index is 12.3. The molecule has 254 valence electrons. The summed E-state index contributed by atoms with van der Waals surface area (Å²) in [5, 5.41) is 9.67. The van der Waals surface area contributed by atoms with Gasteiger partial charge < -0.3 is 24.4 Å². The van der Waals surface area contributed by atoms with Crippen LogP contribution in [0.5, 0.6) is 11.5 Å². The van der Waals surface area contributed by atoms with Crippen LogP contribution in [0.3, 0.4) is 0 Å². The van der Waals surface area contributed by atoms with Gasteiger partial charge in [0.15, 0.2) is 0 Å². The van der Waals surface area contributed by atoms with Crippen molar-refractivity contribution in [3.63, 3.8) is 0 Å². The fourth-order valence-corrected chi connectivity index (χ4v) is 7.03. The molecule has 4 aromatic heterocycles. The monoisotopic (exact) mass is 810 g/mol. The van der Waals surface area contributed by atoms with Gasteiger partial charge in [-0.3, -0.25) is 14.8 Å². The molecule has 0 unspecified atom stereocenters. The highest BCUT2D eigenvalue weighted by atomic mass is 79.9. The van der Waals surface area contributed by atoms with Gasteiger partial charge in [0, 0.05) is 42.5 Å². The Morgan fingerprint density at radius 1 is 0.894 bits per heavy atom. The Balaban J connectivity index is 0.000000255. The Labute approximate surface area is 304 Å². The van der Waals surface area contributed by atoms with Crippen LogP contribution in [0.2, 0.25) is 0 Å². The van der Waals surface area contributed by atoms with Crippen LogP contribution in [0.15, 0.2) is 59.8 Å². The molecule has 4 aromatic rings. The number of rotatable bonds is 11. The van der Waals surface area contributed by atoms with Gasteiger partial charge in [-0.1, -0.05) is 0 Å². The normalized spacial score (nSPS) is 16.7. The number of hydrogen-bond acceptors (Lipinski definition) is 12. The lowest BCUT2D eigenvalue weighted by atomic mass is 10.2. The van der Waals surface area contributed by atoms with E-state index in [4.69, 9.17) is 14.2 Å². The first-order valence-corrected chi connectivity index (χ1v) is 17.0. The number of aromatic nitrogens is 4. The second-order valence-electron chi connectivity index (χ2n) is 10.5. The zero-order valence-corrected chi connectivity index (χ0v) is 31.2. The number of nitrogens with zero attached hydrogens (tertiary/aromatic N) is 5. The summed E-state index contributed by atoms with van der Waals surface area (Å²) in [5.74, 6) is 0.174. The maximum absolute atomic E-state index is 12.3. The smallest absolute Gasteiger partial charge is 0.397 e. The number of thiazole rings is 2. The van der Waals surface area contributed by atoms with E-state index in [2.05, 4.69) is 30.6 Å². The van der Waals surface area contributed by atoms with E-state index in [0.717, 1.165) is 53.7 Å². The minimum Gasteiger partial charge on any atom is -0.492 e. The number of nitrogens with one attached hydrogen (secondary N) is 1. The molecule has 0 saturated carbocycles. The van der Waals surface area contributed by atoms with Crippen LogP contribution in [0.1, 0.15) is 66.1 Å². The second kappa shape index (κ2) is 20.4. The van der Waals surface area contributed by atoms with E-state index in [1.54, 1.807) is 47.9 Å². The van der Waals surface area contributed by atoms with E-state index in [1.807, 2.05) is 29.6 Å². The molecule has 1 N–H and O–H groups in total. The first kappa shape index (κ1) is 38.5. The van der Waals surface area contributed by atoms with Crippen LogP contribution in [0.25, 0.3) is 0 Å². The Kier molecular flexibility index (Phi) is 16.7. The molecular weight excluding hydrogens is 772 g/mol. The third kappa shape index (κ3) is 11.6. The largest absolute Gasteiger partial charge is 0.492 e. The highest BCUT2D eigenvalue weighted by Crippen LogP contribution is 2.34. The zero-order valence-electron chi connectivity index (χ0n) is 26.1. The lowest BCUT2D eigenvalue weighted by molar-refractivity contribution is -0.160. The number of halogens is 2. The number of amides is 1. The van der Waals surface area contributed by atoms with E-state index in [1.165, 1.54) is 29.2 Å². The van der Waals surface area contributed by atoms with Crippen LogP contribution in [0, 0.1) is 0 Å². The van der Waals surface area contributed by atoms with Gasteiger partial charge in [-0.05, 0) is 63.4 Å². The SMILES string of the molecule is Br.Br.CCOC(=O)C(=O)N1CCC[C@H]1c1nc(CCOc2cccnc2)cs1.c1cncc(OCCc2csc([C@@H]3CCCN3)n2)c1. The van der Waals surface area contributed by atoms with Crippen molar-refractivity contribution in [3.8, 4) is 11.5 Å². The minimum absolute atomic E-state index is 0. The Hall–Kier alpha value is -2.98. The van der Waals surface area contributed by atoms with Gasteiger partial charge in [-0.15, -0.1) is 56.6 Å². The summed E-state index contributed by atoms with van der Waals surface area (Å²) < 4.78 is 16.1. The van der Waals surface area contributed by atoms with Gasteiger partial charge in [0.25, 0.3) is 0 Å². The highest BCUT2D eigenvalue weighted by molar-refractivity contribution is 8.93. The average Bonchev–Trinajstić information content (AvgIpc) is 3.90. The van der Waals surface area contributed by atoms with Crippen LogP contribution in [-0.4, -0.2) is 69.6 Å². The van der Waals surface area contributed by atoms with Crippen molar-refractivity contribution >= 4 is 68.5 Å². The van der Waals surface area contributed by atoms with Gasteiger partial charge in [-0.25, -0.2) is 14.8 Å². The minimum atomic E-state index is -0.791. The molecule has 0 aromatic carbocycles. The molecule has 6 rings (SSSR count). The summed E-state index contributed by atoms with van der Waals surface area (Å²) in [5.41, 5.74) is 2.04. The molecule has 2 aliphatic heterocycles. The summed E-state index contributed by atoms with van der Waals surface area (Å²) in [6.07, 6.45) is 12.5. The van der Waals surface area contributed by atoms with E-state index in [-0.39, 0.29) is 46.6 Å². The molecule has 2 saturated heterocycles. The molecule has 2 atom stereocenters. The summed E-state index contributed by atoms with van der Waals surface area (Å²) in [6.45, 7) is 4.71. The molecule has 15 heteroatoms. The molecule has 1 amide bonds. The Morgan fingerprint density at radius 2 is 1.51 bits per heavy atom. The second-order valence-corrected chi connectivity index (χ2v) is 12.2.